The molecule has 2 fully saturated rings. The van der Waals surface area contributed by atoms with Gasteiger partial charge in [0.05, 0.1) is 18.9 Å². The first-order valence-electron chi connectivity index (χ1n) is 12.5. The van der Waals surface area contributed by atoms with Gasteiger partial charge in [0.2, 0.25) is 5.82 Å². The van der Waals surface area contributed by atoms with E-state index < -0.39 is 18.4 Å². The van der Waals surface area contributed by atoms with Crippen LogP contribution < -0.4 is 0 Å². The number of carbonyl (C=O) groups is 3. The monoisotopic (exact) mass is 503 g/mol. The summed E-state index contributed by atoms with van der Waals surface area (Å²) < 4.78 is 6.90. The Bertz CT molecular complexity index is 1260. The number of morpholine rings is 1. The largest absolute Gasteiger partial charge is 0.480 e. The first-order chi connectivity index (χ1) is 18.0. The molecule has 1 aromatic heterocycles. The van der Waals surface area contributed by atoms with Crippen molar-refractivity contribution in [1.29, 1.82) is 0 Å². The second-order valence-electron chi connectivity index (χ2n) is 9.25. The number of aliphatic carboxylic acids is 1. The summed E-state index contributed by atoms with van der Waals surface area (Å²) in [5, 5.41) is 14.0. The minimum Gasteiger partial charge on any atom is -0.480 e. The number of ether oxygens (including phenoxy) is 1. The molecule has 0 radical (unpaired) electrons. The molecule has 5 rings (SSSR count). The van der Waals surface area contributed by atoms with Crippen molar-refractivity contribution in [2.75, 3.05) is 32.8 Å². The number of carboxylic acid groups (broad SMARTS) is 1. The van der Waals surface area contributed by atoms with E-state index in [0.29, 0.717) is 43.4 Å². The maximum Gasteiger partial charge on any atom is 0.323 e. The fourth-order valence-corrected chi connectivity index (χ4v) is 4.91. The maximum absolute atomic E-state index is 13.5. The number of carbonyl (C=O) groups excluding carboxylic acids is 2. The SMILES string of the molecule is O=C(O)CN(C(=O)c1nc(-c2ccccc2)n(-c2ccc(C(=O)N3CCOCC3)cc2)n1)C1CCCC1. The van der Waals surface area contributed by atoms with Crippen molar-refractivity contribution in [2.24, 2.45) is 0 Å². The quantitative estimate of drug-likeness (QED) is 0.527. The van der Waals surface area contributed by atoms with E-state index in [9.17, 15) is 19.5 Å². The number of amides is 2. The van der Waals surface area contributed by atoms with Crippen molar-refractivity contribution in [1.82, 2.24) is 24.6 Å². The Balaban J connectivity index is 1.48. The highest BCUT2D eigenvalue weighted by Gasteiger charge is 2.32. The van der Waals surface area contributed by atoms with Gasteiger partial charge in [0.25, 0.3) is 11.8 Å². The van der Waals surface area contributed by atoms with E-state index in [1.807, 2.05) is 30.3 Å². The molecule has 0 unspecified atom stereocenters. The van der Waals surface area contributed by atoms with Gasteiger partial charge in [-0.2, -0.15) is 0 Å². The molecule has 1 aliphatic heterocycles. The van der Waals surface area contributed by atoms with Gasteiger partial charge < -0.3 is 19.6 Å². The first kappa shape index (κ1) is 24.6. The summed E-state index contributed by atoms with van der Waals surface area (Å²) in [6.07, 6.45) is 3.45. The highest BCUT2D eigenvalue weighted by Crippen LogP contribution is 2.26. The van der Waals surface area contributed by atoms with E-state index in [4.69, 9.17) is 4.74 Å². The van der Waals surface area contributed by atoms with Crippen LogP contribution in [0.1, 0.15) is 46.7 Å². The molecule has 2 heterocycles. The van der Waals surface area contributed by atoms with Gasteiger partial charge in [0.1, 0.15) is 6.54 Å². The third-order valence-corrected chi connectivity index (χ3v) is 6.82. The molecule has 10 heteroatoms. The maximum atomic E-state index is 13.5. The fraction of sp³-hybridized carbons (Fsp3) is 0.370. The lowest BCUT2D eigenvalue weighted by Gasteiger charge is -2.26. The van der Waals surface area contributed by atoms with Crippen molar-refractivity contribution in [3.05, 3.63) is 66.0 Å². The van der Waals surface area contributed by atoms with Gasteiger partial charge in [-0.25, -0.2) is 9.67 Å². The van der Waals surface area contributed by atoms with Crippen molar-refractivity contribution >= 4 is 17.8 Å². The van der Waals surface area contributed by atoms with E-state index in [2.05, 4.69) is 10.1 Å². The summed E-state index contributed by atoms with van der Waals surface area (Å²) in [7, 11) is 0. The standard InChI is InChI=1S/C27H29N5O5/c33-23(34)18-31(21-8-4-5-9-21)27(36)24-28-25(19-6-2-1-3-7-19)32(29-24)22-12-10-20(11-13-22)26(35)30-14-16-37-17-15-30/h1-3,6-7,10-13,21H,4-5,8-9,14-18H2,(H,33,34). The molecule has 2 aliphatic rings. The zero-order valence-electron chi connectivity index (χ0n) is 20.5. The molecule has 1 aliphatic carbocycles. The Hall–Kier alpha value is -4.05. The molecule has 1 saturated carbocycles. The van der Waals surface area contributed by atoms with Gasteiger partial charge in [0, 0.05) is 30.3 Å². The van der Waals surface area contributed by atoms with Crippen LogP contribution in [0.2, 0.25) is 0 Å². The molecule has 37 heavy (non-hydrogen) atoms. The molecule has 10 nitrogen and oxygen atoms in total. The highest BCUT2D eigenvalue weighted by atomic mass is 16.5. The number of hydrogen-bond acceptors (Lipinski definition) is 6. The fourth-order valence-electron chi connectivity index (χ4n) is 4.91. The van der Waals surface area contributed by atoms with Gasteiger partial charge in [0.15, 0.2) is 5.82 Å². The molecule has 1 saturated heterocycles. The summed E-state index contributed by atoms with van der Waals surface area (Å²) in [6, 6.07) is 16.3. The molecule has 0 bridgehead atoms. The zero-order chi connectivity index (χ0) is 25.8. The Morgan fingerprint density at radius 2 is 1.65 bits per heavy atom. The molecule has 3 aromatic rings. The lowest BCUT2D eigenvalue weighted by Crippen LogP contribution is -2.42. The average Bonchev–Trinajstić information content (AvgIpc) is 3.63. The topological polar surface area (TPSA) is 118 Å². The minimum atomic E-state index is -1.07. The van der Waals surface area contributed by atoms with E-state index in [1.54, 1.807) is 33.8 Å². The van der Waals surface area contributed by atoms with Crippen LogP contribution in [0.25, 0.3) is 17.1 Å². The van der Waals surface area contributed by atoms with Gasteiger partial charge in [-0.3, -0.25) is 14.4 Å². The van der Waals surface area contributed by atoms with E-state index in [1.165, 1.54) is 4.90 Å². The number of hydrogen-bond donors (Lipinski definition) is 1. The minimum absolute atomic E-state index is 0.0551. The van der Waals surface area contributed by atoms with Gasteiger partial charge in [-0.05, 0) is 37.1 Å². The summed E-state index contributed by atoms with van der Waals surface area (Å²) in [4.78, 5) is 45.6. The molecular formula is C27H29N5O5. The van der Waals surface area contributed by atoms with Crippen LogP contribution in [-0.2, 0) is 9.53 Å². The Labute approximate surface area is 214 Å². The van der Waals surface area contributed by atoms with Crippen LogP contribution in [0.5, 0.6) is 0 Å². The van der Waals surface area contributed by atoms with E-state index >= 15 is 0 Å². The normalized spacial score (nSPS) is 16.1. The number of carboxylic acids is 1. The Morgan fingerprint density at radius 1 is 0.973 bits per heavy atom. The predicted molar refractivity (Wildman–Crippen MR) is 134 cm³/mol. The number of benzene rings is 2. The third-order valence-electron chi connectivity index (χ3n) is 6.82. The van der Waals surface area contributed by atoms with Crippen molar-refractivity contribution in [3.8, 4) is 17.1 Å². The second kappa shape index (κ2) is 10.9. The molecule has 0 atom stereocenters. The van der Waals surface area contributed by atoms with E-state index in [0.717, 1.165) is 31.2 Å². The number of nitrogens with zero attached hydrogens (tertiary/aromatic N) is 5. The molecule has 0 spiro atoms. The lowest BCUT2D eigenvalue weighted by atomic mass is 10.1. The average molecular weight is 504 g/mol. The molecule has 1 N–H and O–H groups in total. The molecule has 2 aromatic carbocycles. The zero-order valence-corrected chi connectivity index (χ0v) is 20.5. The summed E-state index contributed by atoms with van der Waals surface area (Å²) >= 11 is 0. The van der Waals surface area contributed by atoms with Crippen LogP contribution in [-0.4, -0.2) is 86.3 Å². The smallest absolute Gasteiger partial charge is 0.323 e. The van der Waals surface area contributed by atoms with Crippen molar-refractivity contribution in [2.45, 2.75) is 31.7 Å². The van der Waals surface area contributed by atoms with Crippen LogP contribution in [0, 0.1) is 0 Å². The van der Waals surface area contributed by atoms with Gasteiger partial charge >= 0.3 is 5.97 Å². The van der Waals surface area contributed by atoms with Crippen LogP contribution in [0.15, 0.2) is 54.6 Å². The van der Waals surface area contributed by atoms with Gasteiger partial charge in [-0.1, -0.05) is 43.2 Å². The van der Waals surface area contributed by atoms with E-state index in [-0.39, 0.29) is 17.8 Å². The van der Waals surface area contributed by atoms with Gasteiger partial charge in [-0.15, -0.1) is 5.10 Å². The van der Waals surface area contributed by atoms with Crippen LogP contribution in [0.3, 0.4) is 0 Å². The third kappa shape index (κ3) is 5.39. The Kier molecular flexibility index (Phi) is 7.27. The van der Waals surface area contributed by atoms with Crippen LogP contribution >= 0.6 is 0 Å². The lowest BCUT2D eigenvalue weighted by molar-refractivity contribution is -0.138. The van der Waals surface area contributed by atoms with Crippen molar-refractivity contribution in [3.63, 3.8) is 0 Å². The summed E-state index contributed by atoms with van der Waals surface area (Å²) in [5.41, 5.74) is 1.94. The molecule has 192 valence electrons. The van der Waals surface area contributed by atoms with Crippen LogP contribution in [0.4, 0.5) is 0 Å². The predicted octanol–water partition coefficient (Wildman–Crippen LogP) is 2.88. The second-order valence-corrected chi connectivity index (χ2v) is 9.25. The Morgan fingerprint density at radius 3 is 2.30 bits per heavy atom. The van der Waals surface area contributed by atoms with Crippen molar-refractivity contribution < 1.29 is 24.2 Å². The summed E-state index contributed by atoms with van der Waals surface area (Å²) in [5.74, 6) is -1.22. The summed E-state index contributed by atoms with van der Waals surface area (Å²) in [6.45, 7) is 1.78. The molecular weight excluding hydrogens is 474 g/mol. The molecule has 2 amide bonds. The number of aromatic nitrogens is 3. The first-order valence-corrected chi connectivity index (χ1v) is 12.5. The highest BCUT2D eigenvalue weighted by molar-refractivity contribution is 5.95. The number of rotatable bonds is 7.